The SMILES string of the molecule is CC(C)(N)C(C)(C)C(=O)NC1CCC(O)CC1. The third-order valence-electron chi connectivity index (χ3n) is 4.21. The third kappa shape index (κ3) is 3.42. The van der Waals surface area contributed by atoms with Crippen LogP contribution in [0.1, 0.15) is 53.4 Å². The van der Waals surface area contributed by atoms with Gasteiger partial charge >= 0.3 is 0 Å². The van der Waals surface area contributed by atoms with Crippen molar-refractivity contribution in [2.24, 2.45) is 11.1 Å². The van der Waals surface area contributed by atoms with E-state index >= 15 is 0 Å². The lowest BCUT2D eigenvalue weighted by atomic mass is 9.74. The molecule has 0 atom stereocenters. The van der Waals surface area contributed by atoms with Crippen molar-refractivity contribution in [2.75, 3.05) is 0 Å². The van der Waals surface area contributed by atoms with Crippen LogP contribution >= 0.6 is 0 Å². The summed E-state index contributed by atoms with van der Waals surface area (Å²) in [6.45, 7) is 7.49. The molecule has 1 fully saturated rings. The molecule has 100 valence electrons. The minimum Gasteiger partial charge on any atom is -0.393 e. The van der Waals surface area contributed by atoms with Crippen molar-refractivity contribution in [3.63, 3.8) is 0 Å². The van der Waals surface area contributed by atoms with E-state index in [-0.39, 0.29) is 18.1 Å². The van der Waals surface area contributed by atoms with Gasteiger partial charge in [-0.2, -0.15) is 0 Å². The monoisotopic (exact) mass is 242 g/mol. The number of carbonyl (C=O) groups excluding carboxylic acids is 1. The van der Waals surface area contributed by atoms with Crippen LogP contribution < -0.4 is 11.1 Å². The summed E-state index contributed by atoms with van der Waals surface area (Å²) in [7, 11) is 0. The quantitative estimate of drug-likeness (QED) is 0.695. The normalized spacial score (nSPS) is 26.7. The number of amides is 1. The fourth-order valence-corrected chi connectivity index (χ4v) is 1.88. The molecular weight excluding hydrogens is 216 g/mol. The van der Waals surface area contributed by atoms with Crippen molar-refractivity contribution >= 4 is 5.91 Å². The highest BCUT2D eigenvalue weighted by Gasteiger charge is 2.41. The summed E-state index contributed by atoms with van der Waals surface area (Å²) in [5.74, 6) is 0.00592. The highest BCUT2D eigenvalue weighted by Crippen LogP contribution is 2.29. The van der Waals surface area contributed by atoms with Crippen LogP contribution in [0.3, 0.4) is 0 Å². The topological polar surface area (TPSA) is 75.4 Å². The number of rotatable bonds is 3. The van der Waals surface area contributed by atoms with Gasteiger partial charge in [0.25, 0.3) is 0 Å². The Morgan fingerprint density at radius 1 is 1.18 bits per heavy atom. The standard InChI is InChI=1S/C13H26N2O2/c1-12(2,13(3,4)14)11(17)15-9-5-7-10(16)8-6-9/h9-10,16H,5-8,14H2,1-4H3,(H,15,17). The predicted molar refractivity (Wildman–Crippen MR) is 68.5 cm³/mol. The first kappa shape index (κ1) is 14.5. The Morgan fingerprint density at radius 3 is 2.06 bits per heavy atom. The highest BCUT2D eigenvalue weighted by molar-refractivity contribution is 5.83. The smallest absolute Gasteiger partial charge is 0.227 e. The minimum absolute atomic E-state index is 0.00592. The Bertz CT molecular complexity index is 274. The molecule has 1 saturated carbocycles. The van der Waals surface area contributed by atoms with Gasteiger partial charge in [0.15, 0.2) is 0 Å². The van der Waals surface area contributed by atoms with Gasteiger partial charge in [-0.3, -0.25) is 4.79 Å². The van der Waals surface area contributed by atoms with Crippen LogP contribution in [-0.4, -0.2) is 28.7 Å². The first-order chi connectivity index (χ1) is 7.64. The van der Waals surface area contributed by atoms with Crippen LogP contribution in [-0.2, 0) is 4.79 Å². The van der Waals surface area contributed by atoms with Crippen molar-refractivity contribution in [1.82, 2.24) is 5.32 Å². The Morgan fingerprint density at radius 2 is 1.65 bits per heavy atom. The van der Waals surface area contributed by atoms with E-state index in [1.807, 2.05) is 27.7 Å². The number of carbonyl (C=O) groups is 1. The summed E-state index contributed by atoms with van der Waals surface area (Å²) in [5, 5.41) is 12.5. The van der Waals surface area contributed by atoms with Gasteiger partial charge in [0, 0.05) is 11.6 Å². The number of hydrogen-bond donors (Lipinski definition) is 3. The van der Waals surface area contributed by atoms with Gasteiger partial charge in [0.2, 0.25) is 5.91 Å². The summed E-state index contributed by atoms with van der Waals surface area (Å²) >= 11 is 0. The van der Waals surface area contributed by atoms with Gasteiger partial charge < -0.3 is 16.2 Å². The van der Waals surface area contributed by atoms with Crippen molar-refractivity contribution in [2.45, 2.75) is 71.1 Å². The fourth-order valence-electron chi connectivity index (χ4n) is 1.88. The summed E-state index contributed by atoms with van der Waals surface area (Å²) in [4.78, 5) is 12.2. The molecule has 0 unspecified atom stereocenters. The number of hydrogen-bond acceptors (Lipinski definition) is 3. The Hall–Kier alpha value is -0.610. The first-order valence-corrected chi connectivity index (χ1v) is 6.42. The van der Waals surface area contributed by atoms with Gasteiger partial charge in [-0.1, -0.05) is 0 Å². The lowest BCUT2D eigenvalue weighted by Gasteiger charge is -2.38. The first-order valence-electron chi connectivity index (χ1n) is 6.42. The number of nitrogens with one attached hydrogen (secondary N) is 1. The maximum atomic E-state index is 12.2. The largest absolute Gasteiger partial charge is 0.393 e. The van der Waals surface area contributed by atoms with E-state index in [4.69, 9.17) is 5.73 Å². The molecular formula is C13H26N2O2. The second-order valence-electron chi connectivity index (χ2n) is 6.33. The van der Waals surface area contributed by atoms with E-state index in [2.05, 4.69) is 5.32 Å². The van der Waals surface area contributed by atoms with Gasteiger partial charge in [-0.15, -0.1) is 0 Å². The predicted octanol–water partition coefficient (Wildman–Crippen LogP) is 1.17. The lowest BCUT2D eigenvalue weighted by molar-refractivity contribution is -0.133. The van der Waals surface area contributed by atoms with E-state index in [1.165, 1.54) is 0 Å². The molecule has 4 nitrogen and oxygen atoms in total. The van der Waals surface area contributed by atoms with Crippen LogP contribution in [0.5, 0.6) is 0 Å². The van der Waals surface area contributed by atoms with Crippen molar-refractivity contribution in [3.05, 3.63) is 0 Å². The Kier molecular flexibility index (Phi) is 4.20. The maximum Gasteiger partial charge on any atom is 0.227 e. The summed E-state index contributed by atoms with van der Waals surface area (Å²) in [5.41, 5.74) is 4.90. The molecule has 0 heterocycles. The molecule has 1 amide bonds. The van der Waals surface area contributed by atoms with E-state index in [0.29, 0.717) is 0 Å². The average Bonchev–Trinajstić information content (AvgIpc) is 2.19. The Labute approximate surface area is 104 Å². The lowest BCUT2D eigenvalue weighted by Crippen LogP contribution is -2.57. The summed E-state index contributed by atoms with van der Waals surface area (Å²) in [6.07, 6.45) is 3.07. The van der Waals surface area contributed by atoms with E-state index < -0.39 is 11.0 Å². The van der Waals surface area contributed by atoms with Gasteiger partial charge in [0.05, 0.1) is 11.5 Å². The van der Waals surface area contributed by atoms with Crippen LogP contribution in [0.2, 0.25) is 0 Å². The Balaban J connectivity index is 2.55. The summed E-state index contributed by atoms with van der Waals surface area (Å²) < 4.78 is 0. The molecule has 4 heteroatoms. The molecule has 0 aromatic rings. The van der Waals surface area contributed by atoms with Crippen molar-refractivity contribution in [1.29, 1.82) is 0 Å². The van der Waals surface area contributed by atoms with Gasteiger partial charge in [-0.05, 0) is 53.4 Å². The zero-order chi connectivity index (χ0) is 13.3. The minimum atomic E-state index is -0.594. The fraction of sp³-hybridized carbons (Fsp3) is 0.923. The molecule has 0 aromatic heterocycles. The van der Waals surface area contributed by atoms with E-state index in [0.717, 1.165) is 25.7 Å². The van der Waals surface area contributed by atoms with Crippen molar-refractivity contribution in [3.8, 4) is 0 Å². The van der Waals surface area contributed by atoms with Gasteiger partial charge in [-0.25, -0.2) is 0 Å². The molecule has 0 bridgehead atoms. The molecule has 1 rings (SSSR count). The number of aliphatic hydroxyl groups excluding tert-OH is 1. The molecule has 1 aliphatic carbocycles. The van der Waals surface area contributed by atoms with Crippen LogP contribution in [0, 0.1) is 5.41 Å². The van der Waals surface area contributed by atoms with Crippen molar-refractivity contribution < 1.29 is 9.90 Å². The number of aliphatic hydroxyl groups is 1. The molecule has 4 N–H and O–H groups in total. The molecule has 1 aliphatic rings. The van der Waals surface area contributed by atoms with Crippen LogP contribution in [0.15, 0.2) is 0 Å². The molecule has 0 spiro atoms. The second-order valence-corrected chi connectivity index (χ2v) is 6.33. The van der Waals surface area contributed by atoms with Crippen LogP contribution in [0.25, 0.3) is 0 Å². The van der Waals surface area contributed by atoms with E-state index in [1.54, 1.807) is 0 Å². The molecule has 0 aromatic carbocycles. The number of nitrogens with two attached hydrogens (primary N) is 1. The molecule has 0 aliphatic heterocycles. The highest BCUT2D eigenvalue weighted by atomic mass is 16.3. The van der Waals surface area contributed by atoms with Crippen LogP contribution in [0.4, 0.5) is 0 Å². The zero-order valence-electron chi connectivity index (χ0n) is 11.4. The maximum absolute atomic E-state index is 12.2. The zero-order valence-corrected chi connectivity index (χ0v) is 11.4. The average molecular weight is 242 g/mol. The molecule has 17 heavy (non-hydrogen) atoms. The molecule has 0 saturated heterocycles. The second kappa shape index (κ2) is 4.94. The summed E-state index contributed by atoms with van der Waals surface area (Å²) in [6, 6.07) is 0.188. The van der Waals surface area contributed by atoms with Gasteiger partial charge in [0.1, 0.15) is 0 Å². The van der Waals surface area contributed by atoms with E-state index in [9.17, 15) is 9.90 Å². The third-order valence-corrected chi connectivity index (χ3v) is 4.21. The molecule has 0 radical (unpaired) electrons.